The molecule has 3 rings (SSSR count). The summed E-state index contributed by atoms with van der Waals surface area (Å²) in [5.74, 6) is -4.58. The molecule has 0 heterocycles. The number of hydrogen-bond donors (Lipinski definition) is 0. The fourth-order valence-corrected chi connectivity index (χ4v) is 2.60. The molecule has 1 aliphatic carbocycles. The third kappa shape index (κ3) is 2.51. The van der Waals surface area contributed by atoms with Crippen molar-refractivity contribution >= 4 is 11.9 Å². The molecular formula is C18H14F2O. The van der Waals surface area contributed by atoms with Gasteiger partial charge in [0.25, 0.3) is 0 Å². The van der Waals surface area contributed by atoms with E-state index in [0.717, 1.165) is 11.1 Å². The molecule has 21 heavy (non-hydrogen) atoms. The van der Waals surface area contributed by atoms with E-state index in [-0.39, 0.29) is 17.6 Å². The highest BCUT2D eigenvalue weighted by atomic mass is 19.3. The molecule has 3 heteroatoms. The summed E-state index contributed by atoms with van der Waals surface area (Å²) in [7, 11) is 0. The maximum atomic E-state index is 14.5. The molecule has 1 aliphatic rings. The van der Waals surface area contributed by atoms with Gasteiger partial charge in [-0.2, -0.15) is 8.78 Å². The lowest BCUT2D eigenvalue weighted by molar-refractivity contribution is 0.0308. The molecule has 0 amide bonds. The van der Waals surface area contributed by atoms with Gasteiger partial charge in [0.1, 0.15) is 0 Å². The Hall–Kier alpha value is -2.29. The van der Waals surface area contributed by atoms with Crippen LogP contribution in [0.25, 0.3) is 6.08 Å². The average molecular weight is 284 g/mol. The molecule has 0 spiro atoms. The van der Waals surface area contributed by atoms with Crippen molar-refractivity contribution in [3.8, 4) is 0 Å². The first-order valence-electron chi connectivity index (χ1n) is 6.85. The predicted molar refractivity (Wildman–Crippen MR) is 78.5 cm³/mol. The van der Waals surface area contributed by atoms with Crippen molar-refractivity contribution in [3.05, 3.63) is 76.9 Å². The molecule has 2 aromatic carbocycles. The van der Waals surface area contributed by atoms with E-state index >= 15 is 0 Å². The molecule has 0 bridgehead atoms. The van der Waals surface area contributed by atoms with E-state index in [1.807, 2.05) is 18.2 Å². The van der Waals surface area contributed by atoms with Crippen LogP contribution in [0.3, 0.4) is 0 Å². The molecular weight excluding hydrogens is 270 g/mol. The highest BCUT2D eigenvalue weighted by Gasteiger charge is 2.43. The van der Waals surface area contributed by atoms with Gasteiger partial charge in [-0.3, -0.25) is 4.79 Å². The van der Waals surface area contributed by atoms with E-state index in [9.17, 15) is 13.6 Å². The van der Waals surface area contributed by atoms with E-state index in [0.29, 0.717) is 6.42 Å². The van der Waals surface area contributed by atoms with E-state index in [1.165, 1.54) is 18.2 Å². The molecule has 0 saturated carbocycles. The summed E-state index contributed by atoms with van der Waals surface area (Å²) in [6.07, 6.45) is 2.21. The summed E-state index contributed by atoms with van der Waals surface area (Å²) in [6.45, 7) is 0. The lowest BCUT2D eigenvalue weighted by Crippen LogP contribution is -2.32. The second-order valence-electron chi connectivity index (χ2n) is 5.14. The van der Waals surface area contributed by atoms with Crippen molar-refractivity contribution in [2.75, 3.05) is 0 Å². The molecule has 0 aliphatic heterocycles. The third-order valence-corrected chi connectivity index (χ3v) is 3.77. The smallest absolute Gasteiger partial charge is 0.287 e. The number of rotatable bonds is 3. The average Bonchev–Trinajstić information content (AvgIpc) is 2.54. The lowest BCUT2D eigenvalue weighted by Gasteiger charge is -2.23. The number of halogens is 2. The van der Waals surface area contributed by atoms with Crippen molar-refractivity contribution in [1.82, 2.24) is 0 Å². The number of benzene rings is 2. The summed E-state index contributed by atoms with van der Waals surface area (Å²) in [4.78, 5) is 12.1. The minimum Gasteiger partial charge on any atom is -0.287 e. The van der Waals surface area contributed by atoms with Crippen LogP contribution in [0.1, 0.15) is 27.9 Å². The van der Waals surface area contributed by atoms with Crippen LogP contribution in [0, 0.1) is 0 Å². The number of allylic oxidation sites excluding steroid dienone is 1. The Bertz CT molecular complexity index is 702. The predicted octanol–water partition coefficient (Wildman–Crippen LogP) is 4.53. The van der Waals surface area contributed by atoms with E-state index in [1.54, 1.807) is 24.3 Å². The number of hydrogen-bond acceptors (Lipinski definition) is 1. The van der Waals surface area contributed by atoms with Gasteiger partial charge in [0, 0.05) is 11.1 Å². The minimum absolute atomic E-state index is 0.0438. The van der Waals surface area contributed by atoms with Gasteiger partial charge in [-0.15, -0.1) is 0 Å². The zero-order chi connectivity index (χ0) is 14.9. The Balaban J connectivity index is 1.96. The van der Waals surface area contributed by atoms with Gasteiger partial charge < -0.3 is 0 Å². The molecule has 106 valence electrons. The maximum Gasteiger partial charge on any atom is 0.331 e. The number of carbonyl (C=O) groups excluding carboxylic acids is 1. The number of ketones is 1. The Morgan fingerprint density at radius 2 is 1.57 bits per heavy atom. The Morgan fingerprint density at radius 1 is 0.905 bits per heavy atom. The third-order valence-electron chi connectivity index (χ3n) is 3.77. The molecule has 0 aromatic heterocycles. The molecule has 0 fully saturated rings. The second-order valence-corrected chi connectivity index (χ2v) is 5.14. The van der Waals surface area contributed by atoms with Crippen LogP contribution in [0.2, 0.25) is 0 Å². The van der Waals surface area contributed by atoms with Gasteiger partial charge in [-0.1, -0.05) is 54.6 Å². The van der Waals surface area contributed by atoms with E-state index < -0.39 is 11.7 Å². The summed E-state index contributed by atoms with van der Waals surface area (Å²) < 4.78 is 28.9. The molecule has 2 aromatic rings. The van der Waals surface area contributed by atoms with Crippen molar-refractivity contribution in [3.63, 3.8) is 0 Å². The van der Waals surface area contributed by atoms with Crippen molar-refractivity contribution in [2.24, 2.45) is 0 Å². The number of carbonyl (C=O) groups is 1. The molecule has 0 N–H and O–H groups in total. The second kappa shape index (κ2) is 5.24. The maximum absolute atomic E-state index is 14.5. The standard InChI is InChI=1S/C18H14F2O/c19-18(20,17(21)14-7-2-1-3-8-14)16-11-10-13-6-4-5-9-15(13)12-16/h1-9,12H,10-11H2. The van der Waals surface area contributed by atoms with Gasteiger partial charge in [-0.05, 0) is 30.0 Å². The summed E-state index contributed by atoms with van der Waals surface area (Å²) >= 11 is 0. The largest absolute Gasteiger partial charge is 0.331 e. The molecule has 0 unspecified atom stereocenters. The van der Waals surface area contributed by atoms with Crippen LogP contribution in [-0.4, -0.2) is 11.7 Å². The van der Waals surface area contributed by atoms with Crippen LogP contribution in [0.5, 0.6) is 0 Å². The molecule has 0 radical (unpaired) electrons. The zero-order valence-electron chi connectivity index (χ0n) is 11.4. The summed E-state index contributed by atoms with van der Waals surface area (Å²) in [6, 6.07) is 15.2. The summed E-state index contributed by atoms with van der Waals surface area (Å²) in [5.41, 5.74) is 1.76. The van der Waals surface area contributed by atoms with Crippen LogP contribution in [0.15, 0.2) is 60.2 Å². The lowest BCUT2D eigenvalue weighted by atomic mass is 9.87. The number of aryl methyl sites for hydroxylation is 1. The van der Waals surface area contributed by atoms with Gasteiger partial charge >= 0.3 is 5.92 Å². The quantitative estimate of drug-likeness (QED) is 0.756. The number of alkyl halides is 2. The Labute approximate surface area is 121 Å². The topological polar surface area (TPSA) is 17.1 Å². The van der Waals surface area contributed by atoms with E-state index in [4.69, 9.17) is 0 Å². The normalized spacial score (nSPS) is 14.3. The fraction of sp³-hybridized carbons (Fsp3) is 0.167. The zero-order valence-corrected chi connectivity index (χ0v) is 11.4. The fourth-order valence-electron chi connectivity index (χ4n) is 2.60. The highest BCUT2D eigenvalue weighted by molar-refractivity contribution is 6.04. The molecule has 0 saturated heterocycles. The minimum atomic E-state index is -3.45. The first-order chi connectivity index (χ1) is 10.1. The van der Waals surface area contributed by atoms with Crippen LogP contribution >= 0.6 is 0 Å². The van der Waals surface area contributed by atoms with E-state index in [2.05, 4.69) is 0 Å². The van der Waals surface area contributed by atoms with Gasteiger partial charge in [0.15, 0.2) is 0 Å². The van der Waals surface area contributed by atoms with Crippen molar-refractivity contribution in [1.29, 1.82) is 0 Å². The molecule has 1 nitrogen and oxygen atoms in total. The van der Waals surface area contributed by atoms with Crippen LogP contribution < -0.4 is 0 Å². The number of Topliss-reactive ketones (excluding diaryl/α,β-unsaturated/α-hetero) is 1. The summed E-state index contributed by atoms with van der Waals surface area (Å²) in [5, 5.41) is 0. The van der Waals surface area contributed by atoms with Crippen molar-refractivity contribution in [2.45, 2.75) is 18.8 Å². The first-order valence-corrected chi connectivity index (χ1v) is 6.85. The highest BCUT2D eigenvalue weighted by Crippen LogP contribution is 2.36. The monoisotopic (exact) mass is 284 g/mol. The number of fused-ring (bicyclic) bond motifs is 1. The van der Waals surface area contributed by atoms with Gasteiger partial charge in [0.05, 0.1) is 0 Å². The van der Waals surface area contributed by atoms with Gasteiger partial charge in [0.2, 0.25) is 5.78 Å². The van der Waals surface area contributed by atoms with Crippen LogP contribution in [0.4, 0.5) is 8.78 Å². The Morgan fingerprint density at radius 3 is 2.33 bits per heavy atom. The van der Waals surface area contributed by atoms with Gasteiger partial charge in [-0.25, -0.2) is 0 Å². The SMILES string of the molecule is O=C(c1ccccc1)C(F)(F)C1=Cc2ccccc2CC1. The first kappa shape index (κ1) is 13.7. The van der Waals surface area contributed by atoms with Crippen molar-refractivity contribution < 1.29 is 13.6 Å². The Kier molecular flexibility index (Phi) is 3.42. The van der Waals surface area contributed by atoms with Crippen LogP contribution in [-0.2, 0) is 6.42 Å². The molecule has 0 atom stereocenters.